The van der Waals surface area contributed by atoms with Gasteiger partial charge in [-0.1, -0.05) is 28.1 Å². The van der Waals surface area contributed by atoms with E-state index >= 15 is 0 Å². The Hall–Kier alpha value is -1.85. The molecule has 0 bridgehead atoms. The van der Waals surface area contributed by atoms with E-state index in [1.54, 1.807) is 0 Å². The largest absolute Gasteiger partial charge is 0.494 e. The Morgan fingerprint density at radius 2 is 2.00 bits per heavy atom. The summed E-state index contributed by atoms with van der Waals surface area (Å²) in [7, 11) is 0. The predicted molar refractivity (Wildman–Crippen MR) is 113 cm³/mol. The minimum atomic E-state index is 0.0833. The molecular weight excluding hydrogens is 404 g/mol. The standard InChI is InChI=1S/C22H27BrN2O2/c1-3-27-20-6-4-5-17(14-20)15-25-11-9-18(10-12-25)22(26)24-19-7-8-21(23)16(2)13-19/h4-8,13-14,18H,3,9-12,15H2,1-2H3,(H,24,26). The van der Waals surface area contributed by atoms with Gasteiger partial charge in [-0.15, -0.1) is 0 Å². The number of likely N-dealkylation sites (tertiary alicyclic amines) is 1. The highest BCUT2D eigenvalue weighted by Gasteiger charge is 2.25. The summed E-state index contributed by atoms with van der Waals surface area (Å²) >= 11 is 3.49. The van der Waals surface area contributed by atoms with Gasteiger partial charge in [-0.3, -0.25) is 9.69 Å². The summed E-state index contributed by atoms with van der Waals surface area (Å²) < 4.78 is 6.64. The van der Waals surface area contributed by atoms with Crippen LogP contribution in [-0.2, 0) is 11.3 Å². The summed E-state index contributed by atoms with van der Waals surface area (Å²) in [5.74, 6) is 1.14. The highest BCUT2D eigenvalue weighted by Crippen LogP contribution is 2.24. The topological polar surface area (TPSA) is 41.6 Å². The van der Waals surface area contributed by atoms with Crippen LogP contribution in [0, 0.1) is 12.8 Å². The zero-order valence-corrected chi connectivity index (χ0v) is 17.6. The van der Waals surface area contributed by atoms with Crippen LogP contribution in [0.25, 0.3) is 0 Å². The zero-order chi connectivity index (χ0) is 19.2. The lowest BCUT2D eigenvalue weighted by Gasteiger charge is -2.31. The fraction of sp³-hybridized carbons (Fsp3) is 0.409. The molecular formula is C22H27BrN2O2. The molecule has 0 atom stereocenters. The third-order valence-corrected chi connectivity index (χ3v) is 5.89. The molecule has 4 nitrogen and oxygen atoms in total. The molecule has 1 aliphatic heterocycles. The molecule has 1 fully saturated rings. The first-order chi connectivity index (χ1) is 13.0. The van der Waals surface area contributed by atoms with Gasteiger partial charge in [0.05, 0.1) is 6.61 Å². The minimum Gasteiger partial charge on any atom is -0.494 e. The second-order valence-electron chi connectivity index (χ2n) is 7.08. The lowest BCUT2D eigenvalue weighted by Crippen LogP contribution is -2.37. The maximum Gasteiger partial charge on any atom is 0.227 e. The quantitative estimate of drug-likeness (QED) is 0.700. The molecule has 2 aromatic carbocycles. The first-order valence-corrected chi connectivity index (χ1v) is 10.4. The van der Waals surface area contributed by atoms with Crippen LogP contribution in [0.2, 0.25) is 0 Å². The number of anilines is 1. The molecule has 5 heteroatoms. The van der Waals surface area contributed by atoms with E-state index < -0.39 is 0 Å². The molecule has 0 spiro atoms. The van der Waals surface area contributed by atoms with Crippen molar-refractivity contribution in [2.24, 2.45) is 5.92 Å². The van der Waals surface area contributed by atoms with Crippen molar-refractivity contribution in [3.05, 3.63) is 58.1 Å². The van der Waals surface area contributed by atoms with Gasteiger partial charge < -0.3 is 10.1 Å². The van der Waals surface area contributed by atoms with Gasteiger partial charge in [0.25, 0.3) is 0 Å². The Balaban J connectivity index is 1.50. The van der Waals surface area contributed by atoms with Crippen molar-refractivity contribution in [2.75, 3.05) is 25.0 Å². The smallest absolute Gasteiger partial charge is 0.227 e. The normalized spacial score (nSPS) is 15.5. The second-order valence-corrected chi connectivity index (χ2v) is 7.94. The van der Waals surface area contributed by atoms with E-state index in [-0.39, 0.29) is 11.8 Å². The molecule has 2 aromatic rings. The van der Waals surface area contributed by atoms with Gasteiger partial charge in [0, 0.05) is 22.6 Å². The van der Waals surface area contributed by atoms with E-state index in [1.807, 2.05) is 44.2 Å². The van der Waals surface area contributed by atoms with Gasteiger partial charge in [0.2, 0.25) is 5.91 Å². The van der Waals surface area contributed by atoms with E-state index in [0.29, 0.717) is 6.61 Å². The highest BCUT2D eigenvalue weighted by atomic mass is 79.9. The average molecular weight is 431 g/mol. The minimum absolute atomic E-state index is 0.0833. The van der Waals surface area contributed by atoms with Gasteiger partial charge in [-0.2, -0.15) is 0 Å². The highest BCUT2D eigenvalue weighted by molar-refractivity contribution is 9.10. The second kappa shape index (κ2) is 9.38. The molecule has 1 heterocycles. The monoisotopic (exact) mass is 430 g/mol. The molecule has 1 N–H and O–H groups in total. The number of nitrogens with one attached hydrogen (secondary N) is 1. The van der Waals surface area contributed by atoms with Crippen molar-refractivity contribution in [2.45, 2.75) is 33.2 Å². The van der Waals surface area contributed by atoms with Crippen LogP contribution in [-0.4, -0.2) is 30.5 Å². The zero-order valence-electron chi connectivity index (χ0n) is 16.0. The van der Waals surface area contributed by atoms with Gasteiger partial charge in [0.1, 0.15) is 5.75 Å². The number of aryl methyl sites for hydroxylation is 1. The maximum absolute atomic E-state index is 12.6. The van der Waals surface area contributed by atoms with Crippen LogP contribution in [0.5, 0.6) is 5.75 Å². The lowest BCUT2D eigenvalue weighted by molar-refractivity contribution is -0.121. The molecule has 0 radical (unpaired) electrons. The number of carbonyl (C=O) groups is 1. The number of carbonyl (C=O) groups excluding carboxylic acids is 1. The van der Waals surface area contributed by atoms with Gasteiger partial charge in [-0.25, -0.2) is 0 Å². The summed E-state index contributed by atoms with van der Waals surface area (Å²) in [5, 5.41) is 3.07. The number of rotatable bonds is 6. The molecule has 1 saturated heterocycles. The summed E-state index contributed by atoms with van der Waals surface area (Å²) in [6, 6.07) is 14.2. The number of benzene rings is 2. The third kappa shape index (κ3) is 5.56. The number of ether oxygens (including phenoxy) is 1. The van der Waals surface area contributed by atoms with E-state index in [4.69, 9.17) is 4.74 Å². The van der Waals surface area contributed by atoms with Crippen molar-refractivity contribution >= 4 is 27.5 Å². The Kier molecular flexibility index (Phi) is 6.91. The number of amides is 1. The molecule has 0 saturated carbocycles. The molecule has 0 aliphatic carbocycles. The number of piperidine rings is 1. The number of nitrogens with zero attached hydrogens (tertiary/aromatic N) is 1. The summed E-state index contributed by atoms with van der Waals surface area (Å²) in [6.07, 6.45) is 1.79. The molecule has 1 amide bonds. The van der Waals surface area contributed by atoms with Gasteiger partial charge in [0.15, 0.2) is 0 Å². The summed E-state index contributed by atoms with van der Waals surface area (Å²) in [6.45, 7) is 7.49. The number of halogens is 1. The average Bonchev–Trinajstić information content (AvgIpc) is 2.66. The maximum atomic E-state index is 12.6. The van der Waals surface area contributed by atoms with Crippen LogP contribution in [0.1, 0.15) is 30.9 Å². The van der Waals surface area contributed by atoms with E-state index in [0.717, 1.165) is 53.9 Å². The Morgan fingerprint density at radius 1 is 1.22 bits per heavy atom. The SMILES string of the molecule is CCOc1cccc(CN2CCC(C(=O)Nc3ccc(Br)c(C)c3)CC2)c1. The molecule has 3 rings (SSSR count). The van der Waals surface area contributed by atoms with Gasteiger partial charge in [-0.05, 0) is 81.2 Å². The summed E-state index contributed by atoms with van der Waals surface area (Å²) in [4.78, 5) is 15.0. The third-order valence-electron chi connectivity index (χ3n) is 5.00. The molecule has 0 aromatic heterocycles. The molecule has 27 heavy (non-hydrogen) atoms. The van der Waals surface area contributed by atoms with Crippen LogP contribution in [0.4, 0.5) is 5.69 Å². The van der Waals surface area contributed by atoms with Crippen molar-refractivity contribution in [3.8, 4) is 5.75 Å². The summed E-state index contributed by atoms with van der Waals surface area (Å²) in [5.41, 5.74) is 3.25. The van der Waals surface area contributed by atoms with Crippen LogP contribution >= 0.6 is 15.9 Å². The molecule has 0 unspecified atom stereocenters. The van der Waals surface area contributed by atoms with E-state index in [9.17, 15) is 4.79 Å². The van der Waals surface area contributed by atoms with Crippen LogP contribution in [0.3, 0.4) is 0 Å². The van der Waals surface area contributed by atoms with E-state index in [1.165, 1.54) is 5.56 Å². The van der Waals surface area contributed by atoms with Gasteiger partial charge >= 0.3 is 0 Å². The first-order valence-electron chi connectivity index (χ1n) is 9.56. The molecule has 144 valence electrons. The first kappa shape index (κ1) is 19.9. The fourth-order valence-electron chi connectivity index (χ4n) is 3.48. The Bertz CT molecular complexity index is 786. The van der Waals surface area contributed by atoms with Crippen molar-refractivity contribution < 1.29 is 9.53 Å². The van der Waals surface area contributed by atoms with Crippen LogP contribution in [0.15, 0.2) is 46.9 Å². The fourth-order valence-corrected chi connectivity index (χ4v) is 3.73. The van der Waals surface area contributed by atoms with Crippen LogP contribution < -0.4 is 10.1 Å². The Labute approximate surface area is 170 Å². The molecule has 1 aliphatic rings. The number of hydrogen-bond donors (Lipinski definition) is 1. The number of hydrogen-bond acceptors (Lipinski definition) is 3. The Morgan fingerprint density at radius 3 is 2.70 bits per heavy atom. The van der Waals surface area contributed by atoms with Crippen molar-refractivity contribution in [1.82, 2.24) is 4.90 Å². The van der Waals surface area contributed by atoms with Crippen molar-refractivity contribution in [1.29, 1.82) is 0 Å². The predicted octanol–water partition coefficient (Wildman–Crippen LogP) is 5.01. The van der Waals surface area contributed by atoms with E-state index in [2.05, 4.69) is 38.3 Å². The lowest BCUT2D eigenvalue weighted by atomic mass is 9.95. The van der Waals surface area contributed by atoms with Crippen molar-refractivity contribution in [3.63, 3.8) is 0 Å².